The maximum Gasteiger partial charge on any atom is 0.264 e. The molecule has 0 atom stereocenters. The van der Waals surface area contributed by atoms with Crippen LogP contribution in [0.15, 0.2) is 48.0 Å². The molecule has 1 amide bonds. The van der Waals surface area contributed by atoms with Crippen molar-refractivity contribution in [2.75, 3.05) is 13.7 Å². The third-order valence-corrected chi connectivity index (χ3v) is 4.77. The smallest absolute Gasteiger partial charge is 0.264 e. The molecule has 0 saturated heterocycles. The molecule has 1 heterocycles. The van der Waals surface area contributed by atoms with E-state index in [-0.39, 0.29) is 11.5 Å². The van der Waals surface area contributed by atoms with Crippen molar-refractivity contribution in [3.05, 3.63) is 70.3 Å². The van der Waals surface area contributed by atoms with Crippen molar-refractivity contribution < 1.29 is 9.53 Å². The molecule has 26 heavy (non-hydrogen) atoms. The van der Waals surface area contributed by atoms with Gasteiger partial charge in [-0.25, -0.2) is 0 Å². The second-order valence-corrected chi connectivity index (χ2v) is 6.35. The van der Waals surface area contributed by atoms with Crippen molar-refractivity contribution in [2.45, 2.75) is 26.3 Å². The predicted octanol–water partition coefficient (Wildman–Crippen LogP) is 3.75. The standard InChI is InChI=1S/C22H22N2O2/c1-3-16-8-9-21(26-2)19(12-16)13-20(14-23)22(25)24-11-10-17-6-4-5-7-18(17)15-24/h4-9,12-13H,3,10-11,15H2,1-2H3/b20-13+. The Morgan fingerprint density at radius 1 is 1.27 bits per heavy atom. The summed E-state index contributed by atoms with van der Waals surface area (Å²) in [5, 5.41) is 9.57. The minimum Gasteiger partial charge on any atom is -0.496 e. The highest BCUT2D eigenvalue weighted by Crippen LogP contribution is 2.25. The number of carbonyl (C=O) groups is 1. The lowest BCUT2D eigenvalue weighted by atomic mass is 9.99. The van der Waals surface area contributed by atoms with Gasteiger partial charge in [0.05, 0.1) is 7.11 Å². The maximum atomic E-state index is 12.9. The molecule has 0 aliphatic carbocycles. The summed E-state index contributed by atoms with van der Waals surface area (Å²) >= 11 is 0. The number of methoxy groups -OCH3 is 1. The summed E-state index contributed by atoms with van der Waals surface area (Å²) in [4.78, 5) is 14.6. The van der Waals surface area contributed by atoms with Gasteiger partial charge in [-0.3, -0.25) is 4.79 Å². The van der Waals surface area contributed by atoms with Crippen molar-refractivity contribution in [1.82, 2.24) is 4.90 Å². The zero-order valence-electron chi connectivity index (χ0n) is 15.2. The van der Waals surface area contributed by atoms with E-state index in [0.717, 1.165) is 29.5 Å². The topological polar surface area (TPSA) is 53.3 Å². The number of ether oxygens (including phenoxy) is 1. The van der Waals surface area contributed by atoms with Gasteiger partial charge in [-0.2, -0.15) is 5.26 Å². The van der Waals surface area contributed by atoms with Crippen LogP contribution in [0.4, 0.5) is 0 Å². The van der Waals surface area contributed by atoms with E-state index in [1.807, 2.05) is 36.4 Å². The average molecular weight is 346 g/mol. The normalized spacial score (nSPS) is 13.7. The first-order valence-corrected chi connectivity index (χ1v) is 8.81. The Hall–Kier alpha value is -3.06. The van der Waals surface area contributed by atoms with Gasteiger partial charge in [0.25, 0.3) is 5.91 Å². The minimum atomic E-state index is -0.231. The number of nitriles is 1. The van der Waals surface area contributed by atoms with Gasteiger partial charge in [-0.15, -0.1) is 0 Å². The largest absolute Gasteiger partial charge is 0.496 e. The van der Waals surface area contributed by atoms with Crippen molar-refractivity contribution in [2.24, 2.45) is 0 Å². The van der Waals surface area contributed by atoms with Crippen LogP contribution in [0.2, 0.25) is 0 Å². The number of nitrogens with zero attached hydrogens (tertiary/aromatic N) is 2. The first-order valence-electron chi connectivity index (χ1n) is 8.81. The molecule has 0 saturated carbocycles. The Labute approximate surface area is 154 Å². The van der Waals surface area contributed by atoms with E-state index in [2.05, 4.69) is 19.1 Å². The molecule has 0 unspecified atom stereocenters. The molecular formula is C22H22N2O2. The average Bonchev–Trinajstić information content (AvgIpc) is 2.70. The van der Waals surface area contributed by atoms with Gasteiger partial charge in [-0.1, -0.05) is 37.3 Å². The summed E-state index contributed by atoms with van der Waals surface area (Å²) in [6.07, 6.45) is 3.33. The predicted molar refractivity (Wildman–Crippen MR) is 102 cm³/mol. The molecule has 1 aliphatic rings. The number of hydrogen-bond donors (Lipinski definition) is 0. The van der Waals surface area contributed by atoms with Crippen LogP contribution >= 0.6 is 0 Å². The lowest BCUT2D eigenvalue weighted by Crippen LogP contribution is -2.36. The number of aryl methyl sites for hydroxylation is 1. The molecule has 1 aliphatic heterocycles. The Morgan fingerprint density at radius 2 is 2.04 bits per heavy atom. The molecule has 2 aromatic rings. The van der Waals surface area contributed by atoms with Gasteiger partial charge in [0.2, 0.25) is 0 Å². The molecule has 4 nitrogen and oxygen atoms in total. The minimum absolute atomic E-state index is 0.135. The molecule has 0 fully saturated rings. The summed E-state index contributed by atoms with van der Waals surface area (Å²) in [6, 6.07) is 16.0. The fraction of sp³-hybridized carbons (Fsp3) is 0.273. The van der Waals surface area contributed by atoms with E-state index in [1.165, 1.54) is 5.56 Å². The van der Waals surface area contributed by atoms with Gasteiger partial charge >= 0.3 is 0 Å². The summed E-state index contributed by atoms with van der Waals surface area (Å²) < 4.78 is 5.38. The van der Waals surface area contributed by atoms with E-state index in [4.69, 9.17) is 4.74 Å². The van der Waals surface area contributed by atoms with Gasteiger partial charge < -0.3 is 9.64 Å². The Morgan fingerprint density at radius 3 is 2.73 bits per heavy atom. The van der Waals surface area contributed by atoms with Crippen LogP contribution in [0.5, 0.6) is 5.75 Å². The summed E-state index contributed by atoms with van der Waals surface area (Å²) in [5.74, 6) is 0.428. The third kappa shape index (κ3) is 3.62. The molecule has 0 N–H and O–H groups in total. The number of benzene rings is 2. The quantitative estimate of drug-likeness (QED) is 0.626. The molecule has 0 radical (unpaired) electrons. The first kappa shape index (κ1) is 17.8. The maximum absolute atomic E-state index is 12.9. The highest BCUT2D eigenvalue weighted by atomic mass is 16.5. The molecule has 4 heteroatoms. The molecular weight excluding hydrogens is 324 g/mol. The Balaban J connectivity index is 1.89. The Kier molecular flexibility index (Phi) is 5.38. The van der Waals surface area contributed by atoms with Crippen molar-refractivity contribution in [3.8, 4) is 11.8 Å². The van der Waals surface area contributed by atoms with Crippen LogP contribution in [0, 0.1) is 11.3 Å². The van der Waals surface area contributed by atoms with Crippen molar-refractivity contribution in [1.29, 1.82) is 5.26 Å². The lowest BCUT2D eigenvalue weighted by Gasteiger charge is -2.28. The van der Waals surface area contributed by atoms with E-state index in [1.54, 1.807) is 18.1 Å². The monoisotopic (exact) mass is 346 g/mol. The van der Waals surface area contributed by atoms with E-state index in [9.17, 15) is 10.1 Å². The third-order valence-electron chi connectivity index (χ3n) is 4.77. The summed E-state index contributed by atoms with van der Waals surface area (Å²) in [7, 11) is 1.59. The van der Waals surface area contributed by atoms with E-state index >= 15 is 0 Å². The summed E-state index contributed by atoms with van der Waals surface area (Å²) in [6.45, 7) is 3.23. The van der Waals surface area contributed by atoms with Gasteiger partial charge in [0, 0.05) is 18.7 Å². The van der Waals surface area contributed by atoms with Gasteiger partial charge in [0.15, 0.2) is 0 Å². The van der Waals surface area contributed by atoms with Crippen molar-refractivity contribution >= 4 is 12.0 Å². The molecule has 0 spiro atoms. The zero-order valence-corrected chi connectivity index (χ0v) is 15.2. The SMILES string of the molecule is CCc1ccc(OC)c(/C=C(\C#N)C(=O)N2CCc3ccccc3C2)c1. The van der Waals surface area contributed by atoms with Crippen LogP contribution < -0.4 is 4.74 Å². The van der Waals surface area contributed by atoms with E-state index in [0.29, 0.717) is 18.8 Å². The fourth-order valence-electron chi connectivity index (χ4n) is 3.25. The molecule has 3 rings (SSSR count). The number of carbonyl (C=O) groups excluding carboxylic acids is 1. The second kappa shape index (κ2) is 7.88. The van der Waals surface area contributed by atoms with Crippen LogP contribution in [0.1, 0.15) is 29.2 Å². The lowest BCUT2D eigenvalue weighted by molar-refractivity contribution is -0.127. The number of amides is 1. The Bertz CT molecular complexity index is 893. The first-order chi connectivity index (χ1) is 12.7. The highest BCUT2D eigenvalue weighted by Gasteiger charge is 2.23. The number of hydrogen-bond acceptors (Lipinski definition) is 3. The highest BCUT2D eigenvalue weighted by molar-refractivity contribution is 6.02. The van der Waals surface area contributed by atoms with Crippen LogP contribution in [-0.4, -0.2) is 24.5 Å². The van der Waals surface area contributed by atoms with Crippen molar-refractivity contribution in [3.63, 3.8) is 0 Å². The second-order valence-electron chi connectivity index (χ2n) is 6.35. The zero-order chi connectivity index (χ0) is 18.5. The summed E-state index contributed by atoms with van der Waals surface area (Å²) in [5.41, 5.74) is 4.45. The van der Waals surface area contributed by atoms with E-state index < -0.39 is 0 Å². The van der Waals surface area contributed by atoms with Crippen LogP contribution in [0.25, 0.3) is 6.08 Å². The molecule has 2 aromatic carbocycles. The van der Waals surface area contributed by atoms with Gasteiger partial charge in [0.1, 0.15) is 17.4 Å². The van der Waals surface area contributed by atoms with Crippen LogP contribution in [0.3, 0.4) is 0 Å². The number of fused-ring (bicyclic) bond motifs is 1. The molecule has 0 aromatic heterocycles. The molecule has 0 bridgehead atoms. The van der Waals surface area contributed by atoms with Gasteiger partial charge in [-0.05, 0) is 47.7 Å². The number of rotatable bonds is 4. The van der Waals surface area contributed by atoms with Crippen LogP contribution in [-0.2, 0) is 24.2 Å². The fourth-order valence-corrected chi connectivity index (χ4v) is 3.25. The molecule has 132 valence electrons.